The molecule has 1 fully saturated rings. The van der Waals surface area contributed by atoms with Gasteiger partial charge < -0.3 is 14.7 Å². The summed E-state index contributed by atoms with van der Waals surface area (Å²) in [5.41, 5.74) is 0. The van der Waals surface area contributed by atoms with Crippen LogP contribution in [0, 0.1) is 0 Å². The van der Waals surface area contributed by atoms with E-state index in [1.165, 1.54) is 12.0 Å². The number of methoxy groups -OCH3 is 1. The highest BCUT2D eigenvalue weighted by molar-refractivity contribution is 8.06. The van der Waals surface area contributed by atoms with Gasteiger partial charge in [-0.15, -0.1) is 0 Å². The first-order valence-electron chi connectivity index (χ1n) is 5.81. The average molecular weight is 293 g/mol. The van der Waals surface area contributed by atoms with E-state index in [0.717, 1.165) is 17.3 Å². The van der Waals surface area contributed by atoms with Crippen LogP contribution in [0.5, 0.6) is 0 Å². The van der Waals surface area contributed by atoms with Crippen LogP contribution in [0.2, 0.25) is 0 Å². The second-order valence-corrected chi connectivity index (χ2v) is 6.53. The predicted octanol–water partition coefficient (Wildman–Crippen LogP) is 0.785. The number of thioether (sulfide) groups is 2. The molecule has 1 amide bonds. The van der Waals surface area contributed by atoms with Crippen LogP contribution in [0.1, 0.15) is 6.42 Å². The molecule has 1 N–H and O–H groups in total. The van der Waals surface area contributed by atoms with E-state index in [1.807, 2.05) is 11.8 Å². The quantitative estimate of drug-likeness (QED) is 0.748. The molecule has 0 saturated carbocycles. The molecule has 5 nitrogen and oxygen atoms in total. The van der Waals surface area contributed by atoms with Crippen molar-refractivity contribution in [1.82, 2.24) is 4.90 Å². The molecule has 1 atom stereocenters. The normalized spacial score (nSPS) is 19.5. The molecule has 0 spiro atoms. The van der Waals surface area contributed by atoms with Gasteiger partial charge in [0, 0.05) is 42.6 Å². The van der Waals surface area contributed by atoms with Crippen LogP contribution in [0.3, 0.4) is 0 Å². The Hall–Kier alpha value is -0.400. The van der Waals surface area contributed by atoms with Crippen molar-refractivity contribution in [2.75, 3.05) is 44.1 Å². The van der Waals surface area contributed by atoms with E-state index in [9.17, 15) is 9.59 Å². The molecule has 0 bridgehead atoms. The van der Waals surface area contributed by atoms with Gasteiger partial charge in [-0.25, -0.2) is 0 Å². The van der Waals surface area contributed by atoms with Crippen LogP contribution in [-0.2, 0) is 14.3 Å². The minimum absolute atomic E-state index is 0.0885. The summed E-state index contributed by atoms with van der Waals surface area (Å²) in [5.74, 6) is 2.11. The number of nitrogens with zero attached hydrogens (tertiary/aromatic N) is 1. The third-order valence-electron chi connectivity index (χ3n) is 2.53. The number of ether oxygens (including phenoxy) is 1. The number of carbonyl (C=O) groups is 2. The smallest absolute Gasteiger partial charge is 0.323 e. The van der Waals surface area contributed by atoms with Gasteiger partial charge in [0.2, 0.25) is 5.91 Å². The second-order valence-electron chi connectivity index (χ2n) is 3.97. The number of amides is 1. The minimum Gasteiger partial charge on any atom is -0.480 e. The summed E-state index contributed by atoms with van der Waals surface area (Å²) in [6, 6.07) is 0. The van der Waals surface area contributed by atoms with E-state index in [0.29, 0.717) is 24.8 Å². The SMILES string of the molecule is COCCN(CC(=O)O)C(=O)CC1CSCCS1. The van der Waals surface area contributed by atoms with Gasteiger partial charge in [0.25, 0.3) is 0 Å². The van der Waals surface area contributed by atoms with Crippen molar-refractivity contribution < 1.29 is 19.4 Å². The Balaban J connectivity index is 2.43. The molecule has 0 aromatic rings. The zero-order chi connectivity index (χ0) is 13.4. The Kier molecular flexibility index (Phi) is 7.53. The van der Waals surface area contributed by atoms with Gasteiger partial charge in [0.05, 0.1) is 6.61 Å². The first kappa shape index (κ1) is 15.7. The highest BCUT2D eigenvalue weighted by Gasteiger charge is 2.22. The zero-order valence-corrected chi connectivity index (χ0v) is 12.1. The Morgan fingerprint density at radius 1 is 1.44 bits per heavy atom. The van der Waals surface area contributed by atoms with E-state index in [2.05, 4.69) is 0 Å². The summed E-state index contributed by atoms with van der Waals surface area (Å²) in [6.07, 6.45) is 0.425. The Labute approximate surface area is 116 Å². The van der Waals surface area contributed by atoms with E-state index in [1.54, 1.807) is 11.8 Å². The number of carboxylic acids is 1. The minimum atomic E-state index is -0.981. The van der Waals surface area contributed by atoms with Gasteiger partial charge in [-0.3, -0.25) is 9.59 Å². The molecule has 0 radical (unpaired) electrons. The maximum absolute atomic E-state index is 12.0. The van der Waals surface area contributed by atoms with Gasteiger partial charge in [0.15, 0.2) is 0 Å². The van der Waals surface area contributed by atoms with Gasteiger partial charge in [-0.2, -0.15) is 23.5 Å². The summed E-state index contributed by atoms with van der Waals surface area (Å²) in [7, 11) is 1.54. The summed E-state index contributed by atoms with van der Waals surface area (Å²) >= 11 is 3.66. The first-order valence-corrected chi connectivity index (χ1v) is 8.01. The number of carbonyl (C=O) groups excluding carboxylic acids is 1. The Morgan fingerprint density at radius 2 is 2.22 bits per heavy atom. The highest BCUT2D eigenvalue weighted by Crippen LogP contribution is 2.26. The average Bonchev–Trinajstić information content (AvgIpc) is 2.35. The monoisotopic (exact) mass is 293 g/mol. The maximum atomic E-state index is 12.0. The molecular weight excluding hydrogens is 274 g/mol. The molecule has 1 aliphatic heterocycles. The van der Waals surface area contributed by atoms with Crippen LogP contribution >= 0.6 is 23.5 Å². The van der Waals surface area contributed by atoms with E-state index in [-0.39, 0.29) is 12.5 Å². The first-order chi connectivity index (χ1) is 8.63. The topological polar surface area (TPSA) is 66.8 Å². The number of carboxylic acid groups (broad SMARTS) is 1. The molecule has 1 heterocycles. The zero-order valence-electron chi connectivity index (χ0n) is 10.5. The molecule has 0 aromatic heterocycles. The Bertz CT molecular complexity index is 282. The van der Waals surface area contributed by atoms with Gasteiger partial charge in [-0.1, -0.05) is 0 Å². The lowest BCUT2D eigenvalue weighted by Gasteiger charge is -2.25. The molecule has 104 valence electrons. The van der Waals surface area contributed by atoms with Crippen molar-refractivity contribution in [3.05, 3.63) is 0 Å². The number of hydrogen-bond donors (Lipinski definition) is 1. The van der Waals surface area contributed by atoms with Crippen molar-refractivity contribution in [2.24, 2.45) is 0 Å². The lowest BCUT2D eigenvalue weighted by molar-refractivity contribution is -0.144. The van der Waals surface area contributed by atoms with Crippen LogP contribution < -0.4 is 0 Å². The molecule has 18 heavy (non-hydrogen) atoms. The molecule has 1 aliphatic rings. The third kappa shape index (κ3) is 5.97. The molecule has 1 rings (SSSR count). The number of aliphatic carboxylic acids is 1. The summed E-state index contributed by atoms with van der Waals surface area (Å²) in [4.78, 5) is 24.1. The van der Waals surface area contributed by atoms with E-state index >= 15 is 0 Å². The van der Waals surface area contributed by atoms with Crippen molar-refractivity contribution in [3.8, 4) is 0 Å². The van der Waals surface area contributed by atoms with Crippen LogP contribution in [0.25, 0.3) is 0 Å². The number of rotatable bonds is 7. The fourth-order valence-corrected chi connectivity index (χ4v) is 4.31. The lowest BCUT2D eigenvalue weighted by atomic mass is 10.3. The highest BCUT2D eigenvalue weighted by atomic mass is 32.2. The fraction of sp³-hybridized carbons (Fsp3) is 0.818. The lowest BCUT2D eigenvalue weighted by Crippen LogP contribution is -2.39. The second kappa shape index (κ2) is 8.66. The summed E-state index contributed by atoms with van der Waals surface area (Å²) in [6.45, 7) is 0.463. The maximum Gasteiger partial charge on any atom is 0.323 e. The largest absolute Gasteiger partial charge is 0.480 e. The summed E-state index contributed by atoms with van der Waals surface area (Å²) < 4.78 is 4.90. The fourth-order valence-electron chi connectivity index (χ4n) is 1.63. The van der Waals surface area contributed by atoms with Crippen molar-refractivity contribution in [3.63, 3.8) is 0 Å². The molecule has 0 aromatic carbocycles. The standard InChI is InChI=1S/C11H19NO4S2/c1-16-3-2-12(7-11(14)15)10(13)6-9-8-17-4-5-18-9/h9H,2-8H2,1H3,(H,14,15). The van der Waals surface area contributed by atoms with Gasteiger partial charge in [0.1, 0.15) is 6.54 Å². The van der Waals surface area contributed by atoms with Crippen molar-refractivity contribution in [2.45, 2.75) is 11.7 Å². The predicted molar refractivity (Wildman–Crippen MR) is 74.3 cm³/mol. The van der Waals surface area contributed by atoms with Crippen molar-refractivity contribution >= 4 is 35.4 Å². The van der Waals surface area contributed by atoms with Crippen LogP contribution in [0.15, 0.2) is 0 Å². The van der Waals surface area contributed by atoms with Crippen LogP contribution in [0.4, 0.5) is 0 Å². The number of hydrogen-bond acceptors (Lipinski definition) is 5. The molecule has 1 unspecified atom stereocenters. The Morgan fingerprint density at radius 3 is 2.78 bits per heavy atom. The van der Waals surface area contributed by atoms with Crippen molar-refractivity contribution in [1.29, 1.82) is 0 Å². The van der Waals surface area contributed by atoms with Crippen LogP contribution in [-0.4, -0.2) is 71.2 Å². The third-order valence-corrected chi connectivity index (χ3v) is 5.38. The molecule has 1 saturated heterocycles. The molecule has 0 aliphatic carbocycles. The summed E-state index contributed by atoms with van der Waals surface area (Å²) in [5, 5.41) is 9.11. The molecular formula is C11H19NO4S2. The molecule has 7 heteroatoms. The van der Waals surface area contributed by atoms with Gasteiger partial charge in [-0.05, 0) is 0 Å². The van der Waals surface area contributed by atoms with E-state index < -0.39 is 5.97 Å². The van der Waals surface area contributed by atoms with Gasteiger partial charge >= 0.3 is 5.97 Å². The van der Waals surface area contributed by atoms with E-state index in [4.69, 9.17) is 9.84 Å².